The molecule has 96 valence electrons. The molecule has 0 spiro atoms. The number of nitrogens with one attached hydrogen (secondary N) is 1. The molecular weight excluding hydrogens is 227 g/mol. The number of ether oxygens (including phenoxy) is 1. The van der Waals surface area contributed by atoms with Gasteiger partial charge in [0.1, 0.15) is 5.60 Å². The van der Waals surface area contributed by atoms with E-state index in [1.807, 2.05) is 0 Å². The van der Waals surface area contributed by atoms with Gasteiger partial charge in [-0.15, -0.1) is 0 Å². The van der Waals surface area contributed by atoms with Crippen LogP contribution in [0.25, 0.3) is 0 Å². The highest BCUT2D eigenvalue weighted by Gasteiger charge is 2.58. The summed E-state index contributed by atoms with van der Waals surface area (Å²) in [6.45, 7) is 5.55. The highest BCUT2D eigenvalue weighted by molar-refractivity contribution is 5.89. The van der Waals surface area contributed by atoms with Crippen molar-refractivity contribution >= 4 is 12.0 Å². The van der Waals surface area contributed by atoms with Crippen LogP contribution in [0.1, 0.15) is 20.8 Å². The lowest BCUT2D eigenvalue weighted by Gasteiger charge is -2.25. The molecule has 2 fully saturated rings. The standard InChI is InChI=1S/C11H17FN2O3/c1-10(2,3)17-9(16)14-5-7-4-13-8(15)11(7,12)6-14/h7H,4-6H2,1-3H3,(H,13,15)/t7-,11-/m1/s1. The number of likely N-dealkylation sites (tertiary alicyclic amines) is 1. The minimum atomic E-state index is -1.93. The molecule has 2 atom stereocenters. The summed E-state index contributed by atoms with van der Waals surface area (Å²) >= 11 is 0. The zero-order chi connectivity index (χ0) is 12.8. The van der Waals surface area contributed by atoms with Gasteiger partial charge in [-0.3, -0.25) is 4.79 Å². The largest absolute Gasteiger partial charge is 0.444 e. The second-order valence-electron chi connectivity index (χ2n) is 5.63. The number of carbonyl (C=O) groups is 2. The highest BCUT2D eigenvalue weighted by atomic mass is 19.1. The predicted octanol–water partition coefficient (Wildman–Crippen LogP) is 0.691. The lowest BCUT2D eigenvalue weighted by Crippen LogP contribution is -2.42. The van der Waals surface area contributed by atoms with Crippen LogP contribution < -0.4 is 5.32 Å². The van der Waals surface area contributed by atoms with Crippen LogP contribution in [0.4, 0.5) is 9.18 Å². The van der Waals surface area contributed by atoms with E-state index in [-0.39, 0.29) is 19.6 Å². The Morgan fingerprint density at radius 3 is 2.76 bits per heavy atom. The Morgan fingerprint density at radius 1 is 1.59 bits per heavy atom. The minimum absolute atomic E-state index is 0.210. The molecule has 1 N–H and O–H groups in total. The quantitative estimate of drug-likeness (QED) is 0.682. The Balaban J connectivity index is 2.04. The third kappa shape index (κ3) is 2.08. The van der Waals surface area contributed by atoms with Crippen LogP contribution in [-0.2, 0) is 9.53 Å². The molecule has 6 heteroatoms. The molecular formula is C11H17FN2O3. The fraction of sp³-hybridized carbons (Fsp3) is 0.818. The number of fused-ring (bicyclic) bond motifs is 1. The van der Waals surface area contributed by atoms with Crippen molar-refractivity contribution in [2.45, 2.75) is 32.0 Å². The van der Waals surface area contributed by atoms with E-state index >= 15 is 0 Å². The number of rotatable bonds is 0. The molecule has 2 heterocycles. The van der Waals surface area contributed by atoms with Gasteiger partial charge in [0, 0.05) is 19.0 Å². The number of carbonyl (C=O) groups excluding carboxylic acids is 2. The van der Waals surface area contributed by atoms with E-state index in [1.54, 1.807) is 20.8 Å². The van der Waals surface area contributed by atoms with Crippen molar-refractivity contribution in [1.29, 1.82) is 0 Å². The van der Waals surface area contributed by atoms with Gasteiger partial charge in [0.2, 0.25) is 5.67 Å². The van der Waals surface area contributed by atoms with Gasteiger partial charge in [-0.2, -0.15) is 0 Å². The van der Waals surface area contributed by atoms with Crippen molar-refractivity contribution in [3.63, 3.8) is 0 Å². The van der Waals surface area contributed by atoms with Gasteiger partial charge in [-0.05, 0) is 20.8 Å². The number of hydrogen-bond acceptors (Lipinski definition) is 3. The zero-order valence-electron chi connectivity index (χ0n) is 10.2. The molecule has 2 amide bonds. The third-order valence-corrected chi connectivity index (χ3v) is 3.05. The van der Waals surface area contributed by atoms with Gasteiger partial charge >= 0.3 is 6.09 Å². The van der Waals surface area contributed by atoms with Gasteiger partial charge in [-0.1, -0.05) is 0 Å². The molecule has 0 unspecified atom stereocenters. The normalized spacial score (nSPS) is 32.4. The molecule has 0 aromatic rings. The molecule has 2 aliphatic heterocycles. The average molecular weight is 244 g/mol. The van der Waals surface area contributed by atoms with E-state index < -0.39 is 29.2 Å². The van der Waals surface area contributed by atoms with E-state index in [1.165, 1.54) is 4.90 Å². The first-order chi connectivity index (χ1) is 7.72. The molecule has 2 rings (SSSR count). The molecule has 0 saturated carbocycles. The van der Waals surface area contributed by atoms with Crippen LogP contribution in [0.5, 0.6) is 0 Å². The Kier molecular flexibility index (Phi) is 2.56. The Hall–Kier alpha value is -1.33. The Bertz CT molecular complexity index is 366. The number of amides is 2. The Morgan fingerprint density at radius 2 is 2.24 bits per heavy atom. The van der Waals surface area contributed by atoms with Crippen molar-refractivity contribution in [2.24, 2.45) is 5.92 Å². The first-order valence-electron chi connectivity index (χ1n) is 5.67. The number of hydrogen-bond donors (Lipinski definition) is 1. The molecule has 0 radical (unpaired) electrons. The summed E-state index contributed by atoms with van der Waals surface area (Å²) in [6, 6.07) is 0. The van der Waals surface area contributed by atoms with E-state index in [0.717, 1.165) is 0 Å². The molecule has 5 nitrogen and oxygen atoms in total. The molecule has 0 aliphatic carbocycles. The summed E-state index contributed by atoms with van der Waals surface area (Å²) < 4.78 is 19.4. The summed E-state index contributed by atoms with van der Waals surface area (Å²) in [4.78, 5) is 24.4. The van der Waals surface area contributed by atoms with Gasteiger partial charge in [0.25, 0.3) is 5.91 Å². The third-order valence-electron chi connectivity index (χ3n) is 3.05. The number of halogens is 1. The first kappa shape index (κ1) is 12.1. The molecule has 17 heavy (non-hydrogen) atoms. The number of nitrogens with zero attached hydrogens (tertiary/aromatic N) is 1. The van der Waals surface area contributed by atoms with Crippen LogP contribution in [0.2, 0.25) is 0 Å². The van der Waals surface area contributed by atoms with Crippen molar-refractivity contribution in [2.75, 3.05) is 19.6 Å². The van der Waals surface area contributed by atoms with E-state index in [4.69, 9.17) is 4.74 Å². The first-order valence-corrected chi connectivity index (χ1v) is 5.67. The molecule has 0 bridgehead atoms. The number of alkyl halides is 1. The van der Waals surface area contributed by atoms with Gasteiger partial charge < -0.3 is 15.0 Å². The van der Waals surface area contributed by atoms with Crippen LogP contribution in [-0.4, -0.2) is 47.8 Å². The second-order valence-corrected chi connectivity index (χ2v) is 5.63. The van der Waals surface area contributed by atoms with Gasteiger partial charge in [0.15, 0.2) is 0 Å². The lowest BCUT2D eigenvalue weighted by molar-refractivity contribution is -0.129. The maximum Gasteiger partial charge on any atom is 0.410 e. The smallest absolute Gasteiger partial charge is 0.410 e. The summed E-state index contributed by atoms with van der Waals surface area (Å²) in [7, 11) is 0. The van der Waals surface area contributed by atoms with Crippen molar-refractivity contribution in [3.05, 3.63) is 0 Å². The second kappa shape index (κ2) is 3.58. The molecule has 2 aliphatic rings. The van der Waals surface area contributed by atoms with Crippen molar-refractivity contribution in [3.8, 4) is 0 Å². The monoisotopic (exact) mass is 244 g/mol. The molecule has 0 aromatic carbocycles. The zero-order valence-corrected chi connectivity index (χ0v) is 10.2. The topological polar surface area (TPSA) is 58.6 Å². The fourth-order valence-electron chi connectivity index (χ4n) is 2.19. The summed E-state index contributed by atoms with van der Waals surface area (Å²) in [6.07, 6.45) is -0.559. The van der Waals surface area contributed by atoms with Crippen LogP contribution in [0.15, 0.2) is 0 Å². The maximum absolute atomic E-state index is 14.3. The summed E-state index contributed by atoms with van der Waals surface area (Å²) in [5, 5.41) is 2.48. The molecule has 2 saturated heterocycles. The van der Waals surface area contributed by atoms with Crippen LogP contribution in [0, 0.1) is 5.92 Å². The van der Waals surface area contributed by atoms with Gasteiger partial charge in [-0.25, -0.2) is 9.18 Å². The highest BCUT2D eigenvalue weighted by Crippen LogP contribution is 2.35. The van der Waals surface area contributed by atoms with Crippen LogP contribution >= 0.6 is 0 Å². The summed E-state index contributed by atoms with van der Waals surface area (Å²) in [5.41, 5.74) is -2.54. The van der Waals surface area contributed by atoms with Gasteiger partial charge in [0.05, 0.1) is 6.54 Å². The maximum atomic E-state index is 14.3. The fourth-order valence-corrected chi connectivity index (χ4v) is 2.19. The lowest BCUT2D eigenvalue weighted by atomic mass is 9.97. The van der Waals surface area contributed by atoms with Crippen molar-refractivity contribution in [1.82, 2.24) is 10.2 Å². The minimum Gasteiger partial charge on any atom is -0.444 e. The predicted molar refractivity (Wildman–Crippen MR) is 58.1 cm³/mol. The van der Waals surface area contributed by atoms with E-state index in [2.05, 4.69) is 5.32 Å². The van der Waals surface area contributed by atoms with Crippen LogP contribution in [0.3, 0.4) is 0 Å². The van der Waals surface area contributed by atoms with Crippen molar-refractivity contribution < 1.29 is 18.7 Å². The SMILES string of the molecule is CC(C)(C)OC(=O)N1C[C@H]2CNC(=O)[C@@]2(F)C1. The molecule has 0 aromatic heterocycles. The van der Waals surface area contributed by atoms with E-state index in [0.29, 0.717) is 0 Å². The van der Waals surface area contributed by atoms with E-state index in [9.17, 15) is 14.0 Å². The summed E-state index contributed by atoms with van der Waals surface area (Å²) in [5.74, 6) is -1.07. The average Bonchev–Trinajstić information content (AvgIpc) is 2.62. The Labute approximate surface area is 99.3 Å².